The maximum Gasteiger partial charge on any atom is 0.0575 e. The summed E-state index contributed by atoms with van der Waals surface area (Å²) in [7, 11) is 0. The first-order valence-electron chi connectivity index (χ1n) is 11.0. The molecule has 0 bridgehead atoms. The molecule has 1 nitrogen and oxygen atoms in total. The molecule has 1 saturated heterocycles. The number of ether oxygens (including phenoxy) is 1. The van der Waals surface area contributed by atoms with Gasteiger partial charge in [-0.3, -0.25) is 0 Å². The zero-order chi connectivity index (χ0) is 17.5. The molecule has 25 heavy (non-hydrogen) atoms. The molecule has 1 aromatic carbocycles. The molecule has 1 heteroatoms. The van der Waals surface area contributed by atoms with E-state index in [9.17, 15) is 0 Å². The molecule has 0 aromatic heterocycles. The van der Waals surface area contributed by atoms with Crippen molar-refractivity contribution in [3.8, 4) is 0 Å². The lowest BCUT2D eigenvalue weighted by atomic mass is 9.77. The summed E-state index contributed by atoms with van der Waals surface area (Å²) in [5.74, 6) is 2.58. The van der Waals surface area contributed by atoms with Gasteiger partial charge in [0.1, 0.15) is 0 Å². The van der Waals surface area contributed by atoms with Crippen molar-refractivity contribution in [1.82, 2.24) is 0 Å². The van der Waals surface area contributed by atoms with Crippen molar-refractivity contribution >= 4 is 0 Å². The molecule has 2 fully saturated rings. The van der Waals surface area contributed by atoms with Crippen LogP contribution in [0.5, 0.6) is 0 Å². The quantitative estimate of drug-likeness (QED) is 0.523. The van der Waals surface area contributed by atoms with Crippen molar-refractivity contribution in [3.05, 3.63) is 35.4 Å². The largest absolute Gasteiger partial charge is 0.378 e. The van der Waals surface area contributed by atoms with Gasteiger partial charge in [0, 0.05) is 6.61 Å². The van der Waals surface area contributed by atoms with Crippen LogP contribution in [-0.4, -0.2) is 12.7 Å². The van der Waals surface area contributed by atoms with Crippen LogP contribution in [0.1, 0.15) is 95.1 Å². The van der Waals surface area contributed by atoms with Crippen LogP contribution in [-0.2, 0) is 11.2 Å². The van der Waals surface area contributed by atoms with Gasteiger partial charge in [-0.15, -0.1) is 0 Å². The Kier molecular flexibility index (Phi) is 7.40. The molecule has 0 N–H and O–H groups in total. The van der Waals surface area contributed by atoms with Crippen molar-refractivity contribution in [1.29, 1.82) is 0 Å². The molecule has 2 atom stereocenters. The van der Waals surface area contributed by atoms with Crippen molar-refractivity contribution in [3.63, 3.8) is 0 Å². The van der Waals surface area contributed by atoms with E-state index < -0.39 is 0 Å². The predicted molar refractivity (Wildman–Crippen MR) is 107 cm³/mol. The van der Waals surface area contributed by atoms with Crippen molar-refractivity contribution in [2.24, 2.45) is 11.8 Å². The van der Waals surface area contributed by atoms with E-state index in [0.717, 1.165) is 24.4 Å². The average Bonchev–Trinajstić information content (AvgIpc) is 2.68. The van der Waals surface area contributed by atoms with Gasteiger partial charge in [0.05, 0.1) is 6.10 Å². The highest BCUT2D eigenvalue weighted by Crippen LogP contribution is 2.37. The Balaban J connectivity index is 1.41. The summed E-state index contributed by atoms with van der Waals surface area (Å²) in [5, 5.41) is 0. The number of aryl methyl sites for hydroxylation is 1. The van der Waals surface area contributed by atoms with E-state index in [-0.39, 0.29) is 0 Å². The molecule has 1 heterocycles. The summed E-state index contributed by atoms with van der Waals surface area (Å²) in [4.78, 5) is 0. The molecule has 1 aromatic rings. The van der Waals surface area contributed by atoms with E-state index in [4.69, 9.17) is 4.74 Å². The first kappa shape index (κ1) is 19.0. The van der Waals surface area contributed by atoms with E-state index in [0.29, 0.717) is 6.10 Å². The van der Waals surface area contributed by atoms with Crippen LogP contribution in [0.2, 0.25) is 0 Å². The normalized spacial score (nSPS) is 30.3. The molecular formula is C24H38O. The van der Waals surface area contributed by atoms with Gasteiger partial charge >= 0.3 is 0 Å². The fourth-order valence-electron chi connectivity index (χ4n) is 4.87. The Labute approximate surface area is 155 Å². The maximum absolute atomic E-state index is 6.04. The molecule has 140 valence electrons. The summed E-state index contributed by atoms with van der Waals surface area (Å²) in [5.41, 5.74) is 3.10. The summed E-state index contributed by atoms with van der Waals surface area (Å²) in [6.07, 6.45) is 15.2. The predicted octanol–water partition coefficient (Wildman–Crippen LogP) is 6.90. The Morgan fingerprint density at radius 2 is 1.56 bits per heavy atom. The summed E-state index contributed by atoms with van der Waals surface area (Å²) >= 11 is 0. The highest BCUT2D eigenvalue weighted by atomic mass is 16.5. The minimum atomic E-state index is 0.545. The van der Waals surface area contributed by atoms with Gasteiger partial charge in [-0.05, 0) is 86.7 Å². The summed E-state index contributed by atoms with van der Waals surface area (Å²) < 4.78 is 6.04. The molecule has 0 amide bonds. The molecule has 3 rings (SSSR count). The standard InChI is InChI=1S/C24H38O/c1-3-5-24-17-12-21(18-25-24)7-6-20-10-15-23(16-11-20)22-13-8-19(4-2)9-14-22/h10-11,15-16,19,21-22,24H,3-9,12-14,17-18H2,1-2H3. The lowest BCUT2D eigenvalue weighted by Gasteiger charge is -2.29. The van der Waals surface area contributed by atoms with Gasteiger partial charge in [0.2, 0.25) is 0 Å². The van der Waals surface area contributed by atoms with Crippen LogP contribution in [0.3, 0.4) is 0 Å². The molecule has 1 aliphatic heterocycles. The van der Waals surface area contributed by atoms with Gasteiger partial charge in [-0.1, -0.05) is 51.0 Å². The lowest BCUT2D eigenvalue weighted by molar-refractivity contribution is -0.0218. The van der Waals surface area contributed by atoms with Crippen LogP contribution in [0.25, 0.3) is 0 Å². The minimum absolute atomic E-state index is 0.545. The van der Waals surface area contributed by atoms with E-state index in [2.05, 4.69) is 38.1 Å². The van der Waals surface area contributed by atoms with Gasteiger partial charge in [-0.2, -0.15) is 0 Å². The molecule has 0 spiro atoms. The van der Waals surface area contributed by atoms with Crippen LogP contribution in [0, 0.1) is 11.8 Å². The van der Waals surface area contributed by atoms with Gasteiger partial charge in [0.25, 0.3) is 0 Å². The number of hydrogen-bond donors (Lipinski definition) is 0. The SMILES string of the molecule is CCCC1CCC(CCc2ccc(C3CCC(CC)CC3)cc2)CO1. The first-order valence-corrected chi connectivity index (χ1v) is 11.0. The molecule has 1 saturated carbocycles. The van der Waals surface area contributed by atoms with Gasteiger partial charge in [-0.25, -0.2) is 0 Å². The van der Waals surface area contributed by atoms with Crippen LogP contribution in [0.15, 0.2) is 24.3 Å². The zero-order valence-corrected chi connectivity index (χ0v) is 16.5. The van der Waals surface area contributed by atoms with E-state index in [1.807, 2.05) is 0 Å². The monoisotopic (exact) mass is 342 g/mol. The lowest BCUT2D eigenvalue weighted by Crippen LogP contribution is -2.26. The highest BCUT2D eigenvalue weighted by molar-refractivity contribution is 5.26. The highest BCUT2D eigenvalue weighted by Gasteiger charge is 2.22. The number of benzene rings is 1. The van der Waals surface area contributed by atoms with Crippen molar-refractivity contribution in [2.75, 3.05) is 6.61 Å². The first-order chi connectivity index (χ1) is 12.3. The zero-order valence-electron chi connectivity index (χ0n) is 16.5. The average molecular weight is 343 g/mol. The van der Waals surface area contributed by atoms with E-state index in [1.54, 1.807) is 5.56 Å². The Bertz CT molecular complexity index is 475. The molecule has 2 unspecified atom stereocenters. The van der Waals surface area contributed by atoms with Crippen LogP contribution in [0.4, 0.5) is 0 Å². The molecular weight excluding hydrogens is 304 g/mol. The molecule has 2 aliphatic rings. The van der Waals surface area contributed by atoms with Crippen LogP contribution >= 0.6 is 0 Å². The van der Waals surface area contributed by atoms with E-state index >= 15 is 0 Å². The van der Waals surface area contributed by atoms with Gasteiger partial charge < -0.3 is 4.74 Å². The third-order valence-electron chi connectivity index (χ3n) is 6.79. The third-order valence-corrected chi connectivity index (χ3v) is 6.79. The fraction of sp³-hybridized carbons (Fsp3) is 0.750. The Morgan fingerprint density at radius 3 is 2.16 bits per heavy atom. The molecule has 1 aliphatic carbocycles. The van der Waals surface area contributed by atoms with Crippen molar-refractivity contribution < 1.29 is 4.74 Å². The topological polar surface area (TPSA) is 9.23 Å². The number of rotatable bonds is 7. The Hall–Kier alpha value is -0.820. The molecule has 0 radical (unpaired) electrons. The maximum atomic E-state index is 6.04. The second-order valence-electron chi connectivity index (χ2n) is 8.59. The van der Waals surface area contributed by atoms with Crippen LogP contribution < -0.4 is 0 Å². The smallest absolute Gasteiger partial charge is 0.0575 e. The second-order valence-corrected chi connectivity index (χ2v) is 8.59. The summed E-state index contributed by atoms with van der Waals surface area (Å²) in [6, 6.07) is 9.62. The van der Waals surface area contributed by atoms with Gasteiger partial charge in [0.15, 0.2) is 0 Å². The second kappa shape index (κ2) is 9.76. The summed E-state index contributed by atoms with van der Waals surface area (Å²) in [6.45, 7) is 5.60. The third kappa shape index (κ3) is 5.58. The van der Waals surface area contributed by atoms with E-state index in [1.165, 1.54) is 76.2 Å². The minimum Gasteiger partial charge on any atom is -0.378 e. The van der Waals surface area contributed by atoms with Crippen molar-refractivity contribution in [2.45, 2.75) is 96.5 Å². The number of hydrogen-bond acceptors (Lipinski definition) is 1. The Morgan fingerprint density at radius 1 is 0.840 bits per heavy atom. The fourth-order valence-corrected chi connectivity index (χ4v) is 4.87.